The highest BCUT2D eigenvalue weighted by Gasteiger charge is 2.35. The molecule has 4 fully saturated rings. The highest BCUT2D eigenvalue weighted by molar-refractivity contribution is 6.09. The number of pyridine rings is 1. The molecular weight excluding hydrogens is 754 g/mol. The largest absolute Gasteiger partial charge is 0.490 e. The van der Waals surface area contributed by atoms with E-state index < -0.39 is 23.3 Å². The number of nitrogens with one attached hydrogen (secondary N) is 2. The Balaban J connectivity index is 0.759. The van der Waals surface area contributed by atoms with Gasteiger partial charge in [-0.1, -0.05) is 0 Å². The van der Waals surface area contributed by atoms with Crippen LogP contribution in [0, 0.1) is 17.2 Å². The minimum Gasteiger partial charge on any atom is -0.490 e. The van der Waals surface area contributed by atoms with E-state index in [-0.39, 0.29) is 41.8 Å². The molecule has 1 aliphatic carbocycles. The Hall–Kier alpha value is -5.76. The molecule has 0 spiro atoms. The van der Waals surface area contributed by atoms with E-state index in [2.05, 4.69) is 46.4 Å². The van der Waals surface area contributed by atoms with Crippen LogP contribution < -0.4 is 25.2 Å². The van der Waals surface area contributed by atoms with Crippen LogP contribution in [0.2, 0.25) is 0 Å². The zero-order valence-electron chi connectivity index (χ0n) is 32.0. The van der Waals surface area contributed by atoms with E-state index in [1.165, 1.54) is 6.07 Å². The van der Waals surface area contributed by atoms with E-state index >= 15 is 0 Å². The van der Waals surface area contributed by atoms with E-state index in [9.17, 15) is 27.6 Å². The first-order valence-corrected chi connectivity index (χ1v) is 20.0. The number of alkyl halides is 3. The van der Waals surface area contributed by atoms with Crippen molar-refractivity contribution < 1.29 is 32.3 Å². The highest BCUT2D eigenvalue weighted by Crippen LogP contribution is 2.36. The average molecular weight is 799 g/mol. The van der Waals surface area contributed by atoms with E-state index in [0.29, 0.717) is 44.2 Å². The molecule has 3 saturated heterocycles. The lowest BCUT2D eigenvalue weighted by molar-refractivity contribution is -0.138. The maximum atomic E-state index is 13.4. The number of rotatable bonds is 9. The number of hydrogen-bond donors (Lipinski definition) is 2. The van der Waals surface area contributed by atoms with Crippen molar-refractivity contribution in [3.8, 4) is 11.8 Å². The molecule has 3 aliphatic heterocycles. The van der Waals surface area contributed by atoms with Gasteiger partial charge in [-0.25, -0.2) is 4.79 Å². The lowest BCUT2D eigenvalue weighted by Crippen LogP contribution is -2.49. The average Bonchev–Trinajstić information content (AvgIpc) is 3.67. The Morgan fingerprint density at radius 1 is 0.931 bits per heavy atom. The van der Waals surface area contributed by atoms with Gasteiger partial charge in [0.2, 0.25) is 5.91 Å². The molecule has 2 N–H and O–H groups in total. The number of benzene rings is 1. The number of halogens is 3. The van der Waals surface area contributed by atoms with E-state index in [4.69, 9.17) is 10.00 Å². The smallest absolute Gasteiger partial charge is 0.417 e. The number of nitrogens with zero attached hydrogens (tertiary/aromatic N) is 8. The lowest BCUT2D eigenvalue weighted by atomic mass is 9.92. The van der Waals surface area contributed by atoms with E-state index in [1.807, 2.05) is 18.3 Å². The summed E-state index contributed by atoms with van der Waals surface area (Å²) >= 11 is 0. The van der Waals surface area contributed by atoms with Gasteiger partial charge in [-0.2, -0.15) is 18.4 Å². The number of nitriles is 1. The molecule has 1 aromatic carbocycles. The summed E-state index contributed by atoms with van der Waals surface area (Å²) in [7, 11) is 0. The second-order valence-corrected chi connectivity index (χ2v) is 15.7. The molecule has 0 bridgehead atoms. The van der Waals surface area contributed by atoms with Gasteiger partial charge < -0.3 is 24.4 Å². The van der Waals surface area contributed by atoms with Crippen molar-refractivity contribution in [2.45, 2.75) is 82.2 Å². The summed E-state index contributed by atoms with van der Waals surface area (Å²) in [4.78, 5) is 48.0. The maximum absolute atomic E-state index is 13.4. The van der Waals surface area contributed by atoms with Crippen LogP contribution in [0.15, 0.2) is 55.0 Å². The van der Waals surface area contributed by atoms with Crippen LogP contribution in [-0.2, 0) is 11.0 Å². The first-order chi connectivity index (χ1) is 28.0. The number of amides is 4. The van der Waals surface area contributed by atoms with Gasteiger partial charge in [0, 0.05) is 69.4 Å². The number of ether oxygens (including phenoxy) is 1. The number of hydrogen-bond acceptors (Lipinski definition) is 10. The third-order valence-electron chi connectivity index (χ3n) is 12.0. The van der Waals surface area contributed by atoms with Gasteiger partial charge in [-0.05, 0) is 93.7 Å². The molecule has 0 atom stereocenters. The predicted octanol–water partition coefficient (Wildman–Crippen LogP) is 5.84. The Kier molecular flexibility index (Phi) is 11.2. The van der Waals surface area contributed by atoms with Crippen LogP contribution in [-0.4, -0.2) is 93.9 Å². The van der Waals surface area contributed by atoms with Crippen molar-refractivity contribution in [1.29, 1.82) is 5.26 Å². The topological polar surface area (TPSA) is 162 Å². The summed E-state index contributed by atoms with van der Waals surface area (Å²) in [6.07, 6.45) is 7.40. The number of likely N-dealkylation sites (tertiary alicyclic amines) is 1. The van der Waals surface area contributed by atoms with Gasteiger partial charge >= 0.3 is 12.2 Å². The molecule has 14 nitrogen and oxygen atoms in total. The van der Waals surface area contributed by atoms with Gasteiger partial charge in [0.1, 0.15) is 5.75 Å². The highest BCUT2D eigenvalue weighted by atomic mass is 19.4. The summed E-state index contributed by atoms with van der Waals surface area (Å²) in [5.41, 5.74) is 0.486. The van der Waals surface area contributed by atoms with Gasteiger partial charge in [0.15, 0.2) is 11.5 Å². The minimum atomic E-state index is -4.65. The molecule has 58 heavy (non-hydrogen) atoms. The molecule has 1 saturated carbocycles. The molecule has 4 aromatic rings. The Labute approximate surface area is 333 Å². The maximum Gasteiger partial charge on any atom is 0.417 e. The Morgan fingerprint density at radius 3 is 2.40 bits per heavy atom. The number of carbonyl (C=O) groups excluding carboxylic acids is 3. The van der Waals surface area contributed by atoms with Crippen LogP contribution in [0.1, 0.15) is 85.4 Å². The third-order valence-corrected chi connectivity index (χ3v) is 12.0. The second-order valence-electron chi connectivity index (χ2n) is 15.7. The van der Waals surface area contributed by atoms with Crippen molar-refractivity contribution in [2.24, 2.45) is 5.92 Å². The van der Waals surface area contributed by atoms with Gasteiger partial charge in [0.25, 0.3) is 5.91 Å². The zero-order valence-corrected chi connectivity index (χ0v) is 32.0. The Morgan fingerprint density at radius 2 is 1.71 bits per heavy atom. The summed E-state index contributed by atoms with van der Waals surface area (Å²) in [6, 6.07) is 10.4. The second kappa shape index (κ2) is 16.6. The first-order valence-electron chi connectivity index (χ1n) is 20.0. The number of carbonyl (C=O) groups is 3. The molecule has 4 aliphatic rings. The Bertz CT molecular complexity index is 2180. The normalized spacial score (nSPS) is 21.5. The fourth-order valence-corrected chi connectivity index (χ4v) is 8.80. The number of urea groups is 1. The van der Waals surface area contributed by atoms with Crippen molar-refractivity contribution in [2.75, 3.05) is 49.1 Å². The van der Waals surface area contributed by atoms with Crippen molar-refractivity contribution in [3.05, 3.63) is 71.8 Å². The molecule has 6 heterocycles. The molecule has 4 amide bonds. The van der Waals surface area contributed by atoms with Gasteiger partial charge in [0.05, 0.1) is 46.9 Å². The van der Waals surface area contributed by atoms with Gasteiger partial charge in [-0.15, -0.1) is 10.2 Å². The molecule has 0 unspecified atom stereocenters. The zero-order chi connectivity index (χ0) is 40.4. The fourth-order valence-electron chi connectivity index (χ4n) is 8.80. The van der Waals surface area contributed by atoms with Crippen LogP contribution >= 0.6 is 0 Å². The summed E-state index contributed by atoms with van der Waals surface area (Å²) in [6.45, 7) is 5.12. The number of aromatic nitrogens is 4. The number of anilines is 2. The quantitative estimate of drug-likeness (QED) is 0.211. The summed E-state index contributed by atoms with van der Waals surface area (Å²) in [5, 5.41) is 24.0. The minimum absolute atomic E-state index is 0.0698. The number of fused-ring (bicyclic) bond motifs is 1. The lowest BCUT2D eigenvalue weighted by Gasteiger charge is -2.38. The summed E-state index contributed by atoms with van der Waals surface area (Å²) < 4.78 is 48.2. The first kappa shape index (κ1) is 39.1. The van der Waals surface area contributed by atoms with Crippen LogP contribution in [0.25, 0.3) is 10.9 Å². The predicted molar refractivity (Wildman–Crippen MR) is 207 cm³/mol. The van der Waals surface area contributed by atoms with Crippen molar-refractivity contribution >= 4 is 40.3 Å². The van der Waals surface area contributed by atoms with Gasteiger partial charge in [-0.3, -0.25) is 24.8 Å². The fraction of sp³-hybridized carbons (Fsp3) is 0.488. The SMILES string of the molecule is N#Cc1ccc(O[C@H]2CC[C@H](NC(=O)c3ccc(N4CCC(CN5CCC(n6ccc7c(N8CCC(=O)NC8=O)cncc76)CC5)CC4)nn3)CC2)cc1C(F)(F)F. The van der Waals surface area contributed by atoms with Crippen molar-refractivity contribution in [3.63, 3.8) is 0 Å². The van der Waals surface area contributed by atoms with E-state index in [0.717, 1.165) is 92.9 Å². The number of piperidine rings is 2. The standard InChI is InChI=1S/C41H45F3N10O4/c42-41(43,44)33-21-31(4-1-27(33)22-45)58-30-5-2-28(3-6-30)47-39(56)34-7-8-37(50-49-34)52-17-9-26(10-18-52)25-51-15-11-29(12-16-51)53-19-13-32-35(53)23-46-24-36(32)54-20-14-38(55)48-40(54)57/h1,4,7-8,13,19,21,23-24,26,28-30H,2-3,5-6,9-12,14-18,20,25H2,(H,47,56)(H,48,55,57)/t28-,30-. The van der Waals surface area contributed by atoms with Crippen LogP contribution in [0.5, 0.6) is 5.75 Å². The van der Waals surface area contributed by atoms with Crippen LogP contribution in [0.3, 0.4) is 0 Å². The monoisotopic (exact) mass is 798 g/mol. The molecule has 304 valence electrons. The molecule has 17 heteroatoms. The van der Waals surface area contributed by atoms with Crippen molar-refractivity contribution in [1.82, 2.24) is 35.3 Å². The molecule has 3 aromatic heterocycles. The van der Waals surface area contributed by atoms with E-state index in [1.54, 1.807) is 23.2 Å². The molecular formula is C41H45F3N10O4. The summed E-state index contributed by atoms with van der Waals surface area (Å²) in [5.74, 6) is 0.820. The molecule has 8 rings (SSSR count). The third kappa shape index (κ3) is 8.57. The number of imide groups is 1. The van der Waals surface area contributed by atoms with Crippen LogP contribution in [0.4, 0.5) is 29.5 Å². The molecule has 0 radical (unpaired) electrons.